The zero-order valence-corrected chi connectivity index (χ0v) is 5.54. The molecule has 0 nitrogen and oxygen atoms in total. The molecule has 0 amide bonds. The molecule has 7 heavy (non-hydrogen) atoms. The first-order valence-electron chi connectivity index (χ1n) is 0. The van der Waals surface area contributed by atoms with E-state index in [2.05, 4.69) is 0 Å². The van der Waals surface area contributed by atoms with Crippen LogP contribution in [0.2, 0.25) is 0 Å². The molecule has 0 aromatic carbocycles. The van der Waals surface area contributed by atoms with E-state index in [9.17, 15) is 0 Å². The summed E-state index contributed by atoms with van der Waals surface area (Å²) in [6.45, 7) is 0. The molecule has 1 radical (unpaired) electrons. The molecular weight excluding hydrogens is 300 g/mol. The van der Waals surface area contributed by atoms with Crippen molar-refractivity contribution in [3.8, 4) is 0 Å². The minimum absolute atomic E-state index is 0. The van der Waals surface area contributed by atoms with Gasteiger partial charge in [0.1, 0.15) is 0 Å². The van der Waals surface area contributed by atoms with Gasteiger partial charge in [-0.25, -0.2) is 0 Å². The van der Waals surface area contributed by atoms with Gasteiger partial charge in [-0.2, -0.15) is 0 Å². The molecule has 0 atom stereocenters. The van der Waals surface area contributed by atoms with Crippen LogP contribution < -0.4 is 0 Å². The molecule has 7 heteroatoms. The van der Waals surface area contributed by atoms with E-state index in [1.54, 1.807) is 0 Å². The largest absolute Gasteiger partial charge is 0.269 e. The van der Waals surface area contributed by atoms with E-state index < -0.39 is 0 Å². The number of hydrogen-bond acceptors (Lipinski definition) is 0. The smallest absolute Gasteiger partial charge is 0 e. The Morgan fingerprint density at radius 2 is 0.286 bits per heavy atom. The molecule has 0 aliphatic rings. The second-order valence-electron chi connectivity index (χ2n) is 0. The normalized spacial score (nSPS) is 0. The van der Waals surface area contributed by atoms with Crippen LogP contribution in [0, 0.1) is 0 Å². The van der Waals surface area contributed by atoms with Gasteiger partial charge in [-0.3, -0.25) is 28.2 Å². The first-order valence-corrected chi connectivity index (χ1v) is 0. The maximum Gasteiger partial charge on any atom is 0 e. The van der Waals surface area contributed by atoms with Crippen LogP contribution in [-0.4, -0.2) is 0 Å². The van der Waals surface area contributed by atoms with Crippen LogP contribution in [0.1, 0.15) is 0 Å². The third-order valence-corrected chi connectivity index (χ3v) is 0. The van der Waals surface area contributed by atoms with Crippen LogP contribution >= 0.6 is 0 Å². The number of hydrogen-bond donors (Lipinski definition) is 0. The van der Waals surface area contributed by atoms with Gasteiger partial charge in [-0.1, -0.05) is 0 Å². The van der Waals surface area contributed by atoms with Gasteiger partial charge in [0.2, 0.25) is 0 Å². The fourth-order valence-corrected chi connectivity index (χ4v) is 0. The maximum atomic E-state index is 0. The van der Waals surface area contributed by atoms with Gasteiger partial charge in [0.25, 0.3) is 0 Å². The van der Waals surface area contributed by atoms with Crippen molar-refractivity contribution in [2.24, 2.45) is 0 Å². The molecular formula is H6F6Re. The SMILES string of the molecule is F.F.F.F.F.F.[Re]. The summed E-state index contributed by atoms with van der Waals surface area (Å²) < 4.78 is 0. The van der Waals surface area contributed by atoms with Crippen molar-refractivity contribution in [3.63, 3.8) is 0 Å². The molecule has 0 aliphatic carbocycles. The van der Waals surface area contributed by atoms with Crippen molar-refractivity contribution in [1.29, 1.82) is 0 Å². The van der Waals surface area contributed by atoms with E-state index in [-0.39, 0.29) is 48.6 Å². The van der Waals surface area contributed by atoms with E-state index in [1.807, 2.05) is 0 Å². The van der Waals surface area contributed by atoms with Gasteiger partial charge < -0.3 is 0 Å². The summed E-state index contributed by atoms with van der Waals surface area (Å²) >= 11 is 0. The molecule has 55 valence electrons. The summed E-state index contributed by atoms with van der Waals surface area (Å²) in [5.41, 5.74) is 0. The molecule has 0 fully saturated rings. The molecule has 0 aromatic rings. The molecule has 0 rings (SSSR count). The van der Waals surface area contributed by atoms with Crippen molar-refractivity contribution in [2.45, 2.75) is 0 Å². The summed E-state index contributed by atoms with van der Waals surface area (Å²) in [6, 6.07) is 0. The Kier molecular flexibility index (Phi) is 2010000. The second-order valence-corrected chi connectivity index (χ2v) is 0. The fourth-order valence-electron chi connectivity index (χ4n) is 0. The predicted octanol–water partition coefficient (Wildman–Crippen LogP) is 0.912. The molecule has 0 aliphatic heterocycles. The average molecular weight is 306 g/mol. The Hall–Kier alpha value is 0.242. The average Bonchev–Trinajstić information content (AvgIpc) is 0. The quantitative estimate of drug-likeness (QED) is 0.584. The number of halogens is 6. The third kappa shape index (κ3) is 1910. The molecule has 0 spiro atoms. The van der Waals surface area contributed by atoms with Crippen molar-refractivity contribution in [2.75, 3.05) is 0 Å². The van der Waals surface area contributed by atoms with Gasteiger partial charge in [0.15, 0.2) is 0 Å². The molecule has 0 bridgehead atoms. The van der Waals surface area contributed by atoms with Gasteiger partial charge >= 0.3 is 0 Å². The number of rotatable bonds is 0. The minimum Gasteiger partial charge on any atom is -0.269 e. The topological polar surface area (TPSA) is 0 Å². The van der Waals surface area contributed by atoms with E-state index in [0.29, 0.717) is 0 Å². The van der Waals surface area contributed by atoms with Crippen LogP contribution in [0.25, 0.3) is 0 Å². The van der Waals surface area contributed by atoms with Crippen LogP contribution in [0.15, 0.2) is 0 Å². The van der Waals surface area contributed by atoms with E-state index in [0.717, 1.165) is 0 Å². The van der Waals surface area contributed by atoms with E-state index >= 15 is 0 Å². The van der Waals surface area contributed by atoms with Crippen molar-refractivity contribution >= 4 is 0 Å². The summed E-state index contributed by atoms with van der Waals surface area (Å²) in [5, 5.41) is 0. The second kappa shape index (κ2) is 2920. The standard InChI is InChI=1S/6FH.Re/h6*1H;. The zero-order chi connectivity index (χ0) is 0. The summed E-state index contributed by atoms with van der Waals surface area (Å²) in [4.78, 5) is 0. The minimum atomic E-state index is 0. The monoisotopic (exact) mass is 307 g/mol. The Morgan fingerprint density at radius 1 is 0.286 bits per heavy atom. The molecule has 0 saturated carbocycles. The van der Waals surface area contributed by atoms with Crippen molar-refractivity contribution in [1.82, 2.24) is 0 Å². The first-order chi connectivity index (χ1) is 0. The maximum absolute atomic E-state index is 0. The van der Waals surface area contributed by atoms with Crippen LogP contribution in [0.3, 0.4) is 0 Å². The molecule has 0 unspecified atom stereocenters. The molecule has 0 saturated heterocycles. The van der Waals surface area contributed by atoms with Crippen molar-refractivity contribution < 1.29 is 48.6 Å². The molecule has 0 heterocycles. The van der Waals surface area contributed by atoms with E-state index in [4.69, 9.17) is 0 Å². The Balaban J connectivity index is 0. The Morgan fingerprint density at radius 3 is 0.286 bits per heavy atom. The predicted molar refractivity (Wildman–Crippen MR) is 15.0 cm³/mol. The summed E-state index contributed by atoms with van der Waals surface area (Å²) in [6.07, 6.45) is 0. The van der Waals surface area contributed by atoms with E-state index in [1.165, 1.54) is 0 Å². The van der Waals surface area contributed by atoms with Crippen LogP contribution in [0.4, 0.5) is 28.2 Å². The summed E-state index contributed by atoms with van der Waals surface area (Å²) in [5.74, 6) is 0. The van der Waals surface area contributed by atoms with Gasteiger partial charge in [-0.15, -0.1) is 0 Å². The van der Waals surface area contributed by atoms with Gasteiger partial charge in [-0.05, 0) is 0 Å². The Labute approximate surface area is 49.5 Å². The fraction of sp³-hybridized carbons (Fsp3) is 0. The third-order valence-electron chi connectivity index (χ3n) is 0. The molecule has 0 aromatic heterocycles. The zero-order valence-electron chi connectivity index (χ0n) is 2.83. The van der Waals surface area contributed by atoms with Gasteiger partial charge in [0, 0.05) is 20.4 Å². The first kappa shape index (κ1) is 4810. The Bertz CT molecular complexity index is 4.14. The van der Waals surface area contributed by atoms with Crippen molar-refractivity contribution in [3.05, 3.63) is 0 Å². The van der Waals surface area contributed by atoms with Gasteiger partial charge in [0.05, 0.1) is 0 Å². The van der Waals surface area contributed by atoms with Crippen LogP contribution in [0.5, 0.6) is 0 Å². The molecule has 0 N–H and O–H groups in total. The summed E-state index contributed by atoms with van der Waals surface area (Å²) in [7, 11) is 0. The van der Waals surface area contributed by atoms with Crippen LogP contribution in [-0.2, 0) is 20.4 Å².